The maximum absolute atomic E-state index is 8.78. The first-order valence-electron chi connectivity index (χ1n) is 3.92. The first-order valence-corrected chi connectivity index (χ1v) is 3.92. The highest BCUT2D eigenvalue weighted by Crippen LogP contribution is 2.20. The van der Waals surface area contributed by atoms with Crippen LogP contribution in [-0.2, 0) is 4.74 Å². The number of nitrogens with two attached hydrogens (primary N) is 1. The van der Waals surface area contributed by atoms with E-state index < -0.39 is 0 Å². The predicted molar refractivity (Wildman–Crippen MR) is 47.1 cm³/mol. The average Bonchev–Trinajstić information content (AvgIpc) is 2.51. The zero-order valence-electron chi connectivity index (χ0n) is 7.61. The number of hydrazine groups is 2. The van der Waals surface area contributed by atoms with Crippen molar-refractivity contribution in [2.24, 2.45) is 5.84 Å². The Morgan fingerprint density at radius 2 is 2.29 bits per heavy atom. The van der Waals surface area contributed by atoms with Gasteiger partial charge in [0, 0.05) is 0 Å². The second-order valence-electron chi connectivity index (χ2n) is 2.41. The third-order valence-electron chi connectivity index (χ3n) is 1.58. The third-order valence-corrected chi connectivity index (χ3v) is 1.58. The quantitative estimate of drug-likeness (QED) is 0.465. The molecule has 0 bridgehead atoms. The van der Waals surface area contributed by atoms with Crippen LogP contribution in [0.4, 0.5) is 0 Å². The molecule has 1 rings (SSSR count). The molecule has 0 aromatic heterocycles. The number of rotatable bonds is 2. The van der Waals surface area contributed by atoms with E-state index in [1.165, 1.54) is 6.26 Å². The van der Waals surface area contributed by atoms with Crippen molar-refractivity contribution in [3.8, 4) is 12.1 Å². The van der Waals surface area contributed by atoms with E-state index in [-0.39, 0.29) is 11.3 Å². The van der Waals surface area contributed by atoms with Gasteiger partial charge < -0.3 is 4.74 Å². The van der Waals surface area contributed by atoms with E-state index in [9.17, 15) is 0 Å². The van der Waals surface area contributed by atoms with Gasteiger partial charge in [0.25, 0.3) is 0 Å². The molecule has 0 aromatic rings. The Hall–Kier alpha value is -2.18. The number of ether oxygens (including phenoxy) is 1. The van der Waals surface area contributed by atoms with Gasteiger partial charge in [0.2, 0.25) is 0 Å². The summed E-state index contributed by atoms with van der Waals surface area (Å²) in [5, 5.41) is 18.5. The maximum Gasteiger partial charge on any atom is 0.153 e. The minimum atomic E-state index is 0.126. The molecule has 0 unspecified atom stereocenters. The van der Waals surface area contributed by atoms with E-state index in [2.05, 4.69) is 5.43 Å². The molecule has 1 heterocycles. The van der Waals surface area contributed by atoms with Crippen molar-refractivity contribution in [3.05, 3.63) is 23.2 Å². The predicted octanol–water partition coefficient (Wildman–Crippen LogP) is -0.141. The molecule has 0 saturated heterocycles. The molecule has 0 fully saturated rings. The molecular formula is C8H9N5O. The van der Waals surface area contributed by atoms with Crippen LogP contribution in [-0.4, -0.2) is 11.7 Å². The molecule has 6 nitrogen and oxygen atoms in total. The molecule has 0 aromatic carbocycles. The first kappa shape index (κ1) is 9.90. The van der Waals surface area contributed by atoms with Gasteiger partial charge in [0.05, 0.1) is 6.61 Å². The van der Waals surface area contributed by atoms with Gasteiger partial charge in [-0.05, 0) is 6.92 Å². The zero-order valence-corrected chi connectivity index (χ0v) is 7.61. The summed E-state index contributed by atoms with van der Waals surface area (Å²) in [5.41, 5.74) is 3.18. The van der Waals surface area contributed by atoms with Gasteiger partial charge in [-0.15, -0.1) is 0 Å². The molecule has 0 atom stereocenters. The highest BCUT2D eigenvalue weighted by Gasteiger charge is 2.25. The normalized spacial score (nSPS) is 17.7. The summed E-state index contributed by atoms with van der Waals surface area (Å²) in [6.45, 7) is 2.28. The fourth-order valence-electron chi connectivity index (χ4n) is 0.957. The summed E-state index contributed by atoms with van der Waals surface area (Å²) in [6, 6.07) is 3.71. The SMILES string of the molecule is CCOC=C1C(C#N)=C(C#N)NN1N. The van der Waals surface area contributed by atoms with E-state index in [1.54, 1.807) is 6.92 Å². The van der Waals surface area contributed by atoms with Gasteiger partial charge in [-0.3, -0.25) is 5.43 Å². The van der Waals surface area contributed by atoms with Gasteiger partial charge in [0.1, 0.15) is 29.7 Å². The van der Waals surface area contributed by atoms with Gasteiger partial charge in [0.15, 0.2) is 5.70 Å². The van der Waals surface area contributed by atoms with E-state index in [0.717, 1.165) is 5.12 Å². The largest absolute Gasteiger partial charge is 0.499 e. The van der Waals surface area contributed by atoms with Crippen LogP contribution in [0.15, 0.2) is 23.2 Å². The lowest BCUT2D eigenvalue weighted by Crippen LogP contribution is -2.37. The Bertz CT molecular complexity index is 370. The van der Waals surface area contributed by atoms with Crippen LogP contribution in [0, 0.1) is 22.7 Å². The fourth-order valence-corrected chi connectivity index (χ4v) is 0.957. The maximum atomic E-state index is 8.78. The van der Waals surface area contributed by atoms with Crippen LogP contribution in [0.1, 0.15) is 6.92 Å². The second-order valence-corrected chi connectivity index (χ2v) is 2.41. The number of nitrogens with one attached hydrogen (secondary N) is 1. The van der Waals surface area contributed by atoms with E-state index >= 15 is 0 Å². The van der Waals surface area contributed by atoms with Crippen LogP contribution in [0.3, 0.4) is 0 Å². The van der Waals surface area contributed by atoms with Gasteiger partial charge in [-0.2, -0.15) is 10.5 Å². The van der Waals surface area contributed by atoms with Crippen LogP contribution < -0.4 is 11.3 Å². The van der Waals surface area contributed by atoms with Gasteiger partial charge in [-0.1, -0.05) is 0 Å². The van der Waals surface area contributed by atoms with Crippen LogP contribution in [0.5, 0.6) is 0 Å². The van der Waals surface area contributed by atoms with Crippen molar-refractivity contribution in [2.75, 3.05) is 6.61 Å². The van der Waals surface area contributed by atoms with Crippen LogP contribution in [0.25, 0.3) is 0 Å². The lowest BCUT2D eigenvalue weighted by Gasteiger charge is -2.12. The van der Waals surface area contributed by atoms with Crippen molar-refractivity contribution < 1.29 is 4.74 Å². The van der Waals surface area contributed by atoms with Crippen LogP contribution in [0.2, 0.25) is 0 Å². The fraction of sp³-hybridized carbons (Fsp3) is 0.250. The Kier molecular flexibility index (Phi) is 2.95. The van der Waals surface area contributed by atoms with Crippen molar-refractivity contribution in [1.82, 2.24) is 10.5 Å². The lowest BCUT2D eigenvalue weighted by atomic mass is 10.2. The number of allylic oxidation sites excluding steroid dienone is 2. The molecule has 0 saturated carbocycles. The molecule has 1 aliphatic heterocycles. The second kappa shape index (κ2) is 4.17. The molecule has 14 heavy (non-hydrogen) atoms. The highest BCUT2D eigenvalue weighted by molar-refractivity contribution is 5.51. The summed E-state index contributed by atoms with van der Waals surface area (Å²) >= 11 is 0. The summed E-state index contributed by atoms with van der Waals surface area (Å²) in [5.74, 6) is 5.48. The van der Waals surface area contributed by atoms with Gasteiger partial charge >= 0.3 is 0 Å². The Morgan fingerprint density at radius 1 is 1.57 bits per heavy atom. The van der Waals surface area contributed by atoms with Crippen molar-refractivity contribution >= 4 is 0 Å². The number of nitriles is 2. The molecule has 0 amide bonds. The molecule has 0 aliphatic carbocycles. The van der Waals surface area contributed by atoms with Crippen LogP contribution >= 0.6 is 0 Å². The monoisotopic (exact) mass is 191 g/mol. The number of nitrogens with zero attached hydrogens (tertiary/aromatic N) is 3. The molecule has 3 N–H and O–H groups in total. The van der Waals surface area contributed by atoms with E-state index in [4.69, 9.17) is 21.1 Å². The van der Waals surface area contributed by atoms with E-state index in [0.29, 0.717) is 12.3 Å². The molecule has 0 spiro atoms. The summed E-state index contributed by atoms with van der Waals surface area (Å²) in [6.07, 6.45) is 1.34. The van der Waals surface area contributed by atoms with Crippen molar-refractivity contribution in [2.45, 2.75) is 6.92 Å². The molecule has 6 heteroatoms. The molecule has 1 aliphatic rings. The summed E-state index contributed by atoms with van der Waals surface area (Å²) in [4.78, 5) is 0. The van der Waals surface area contributed by atoms with E-state index in [1.807, 2.05) is 12.1 Å². The van der Waals surface area contributed by atoms with Crippen molar-refractivity contribution in [1.29, 1.82) is 10.5 Å². The molecule has 0 radical (unpaired) electrons. The Morgan fingerprint density at radius 3 is 2.79 bits per heavy atom. The lowest BCUT2D eigenvalue weighted by molar-refractivity contribution is 0.242. The smallest absolute Gasteiger partial charge is 0.153 e. The zero-order chi connectivity index (χ0) is 10.6. The minimum absolute atomic E-state index is 0.126. The first-order chi connectivity index (χ1) is 6.74. The Balaban J connectivity index is 3.02. The number of hydrogen-bond donors (Lipinski definition) is 2. The molecular weight excluding hydrogens is 182 g/mol. The van der Waals surface area contributed by atoms with Gasteiger partial charge in [-0.25, -0.2) is 11.0 Å². The Labute approximate surface area is 81.4 Å². The third kappa shape index (κ3) is 1.60. The minimum Gasteiger partial charge on any atom is -0.499 e. The summed E-state index contributed by atoms with van der Waals surface area (Å²) in [7, 11) is 0. The summed E-state index contributed by atoms with van der Waals surface area (Å²) < 4.78 is 4.99. The average molecular weight is 191 g/mol. The highest BCUT2D eigenvalue weighted by atomic mass is 16.5. The standard InChI is InChI=1S/C8H9N5O/c1-2-14-5-8-6(3-9)7(4-10)12-13(8)11/h5,12H,2,11H2,1H3. The molecule has 72 valence electrons. The van der Waals surface area contributed by atoms with Crippen molar-refractivity contribution in [3.63, 3.8) is 0 Å². The number of hydrogen-bond acceptors (Lipinski definition) is 6. The topological polar surface area (TPSA) is 98.1 Å².